The number of unbranched alkanes of at least 4 members (excludes halogenated alkanes) is 15. The highest BCUT2D eigenvalue weighted by Crippen LogP contribution is 2.33. The van der Waals surface area contributed by atoms with E-state index in [0.29, 0.717) is 12.8 Å². The molecule has 3 heterocycles. The Labute approximate surface area is 427 Å². The Morgan fingerprint density at radius 1 is 0.500 bits per heavy atom. The van der Waals surface area contributed by atoms with Crippen LogP contribution in [0.15, 0.2) is 48.6 Å². The summed E-state index contributed by atoms with van der Waals surface area (Å²) < 4.78 is 34.0. The van der Waals surface area contributed by atoms with Crippen molar-refractivity contribution in [3.8, 4) is 0 Å². The molecule has 17 unspecified atom stereocenters. The molecular formula is C53H93NO18. The van der Waals surface area contributed by atoms with E-state index in [4.69, 9.17) is 28.4 Å². The van der Waals surface area contributed by atoms with Crippen molar-refractivity contribution in [3.63, 3.8) is 0 Å². The van der Waals surface area contributed by atoms with Crippen LogP contribution in [-0.2, 0) is 33.2 Å². The van der Waals surface area contributed by atoms with Gasteiger partial charge in [-0.25, -0.2) is 0 Å². The summed E-state index contributed by atoms with van der Waals surface area (Å²) in [5.74, 6) is -0.297. The van der Waals surface area contributed by atoms with E-state index in [1.54, 1.807) is 6.08 Å². The number of allylic oxidation sites excluding steroid dienone is 7. The van der Waals surface area contributed by atoms with Crippen molar-refractivity contribution >= 4 is 5.91 Å². The summed E-state index contributed by atoms with van der Waals surface area (Å²) in [5.41, 5.74) is 0. The third-order valence-corrected chi connectivity index (χ3v) is 13.3. The summed E-state index contributed by atoms with van der Waals surface area (Å²) in [6, 6.07) is -0.989. The second-order valence-electron chi connectivity index (χ2n) is 19.3. The molecule has 0 aromatic rings. The fourth-order valence-electron chi connectivity index (χ4n) is 8.81. The molecule has 0 aromatic heterocycles. The smallest absolute Gasteiger partial charge is 0.220 e. The molecule has 0 aromatic carbocycles. The predicted octanol–water partition coefficient (Wildman–Crippen LogP) is 2.75. The SMILES string of the molecule is CCCC/C=C/CC/C=C/C(O)C(COC1OC(CO)C(OC2OC(CO)C(OC3OC(CO)C(O)C(O)C3O)C(O)C2O)C(O)C1O)NC(=O)CCCCCCCCCCC/C=C\C/C=C\CCCCC. The third-order valence-electron chi connectivity index (χ3n) is 13.3. The van der Waals surface area contributed by atoms with E-state index in [0.717, 1.165) is 64.2 Å². The van der Waals surface area contributed by atoms with Gasteiger partial charge in [-0.3, -0.25) is 4.79 Å². The molecule has 72 heavy (non-hydrogen) atoms. The predicted molar refractivity (Wildman–Crippen MR) is 268 cm³/mol. The topological polar surface area (TPSA) is 307 Å². The number of aliphatic hydroxyl groups excluding tert-OH is 11. The zero-order valence-electron chi connectivity index (χ0n) is 42.9. The fraction of sp³-hybridized carbons (Fsp3) is 0.830. The van der Waals surface area contributed by atoms with Crippen LogP contribution in [0.4, 0.5) is 0 Å². The van der Waals surface area contributed by atoms with Crippen LogP contribution < -0.4 is 5.32 Å². The molecule has 19 heteroatoms. The molecule has 3 rings (SSSR count). The van der Waals surface area contributed by atoms with Crippen molar-refractivity contribution in [2.24, 2.45) is 0 Å². The number of carbonyl (C=O) groups excluding carboxylic acids is 1. The molecule has 0 saturated carbocycles. The molecule has 12 N–H and O–H groups in total. The lowest BCUT2D eigenvalue weighted by Gasteiger charge is -2.48. The molecular weight excluding hydrogens is 939 g/mol. The van der Waals surface area contributed by atoms with Crippen molar-refractivity contribution in [2.75, 3.05) is 26.4 Å². The Hall–Kier alpha value is -2.25. The molecule has 3 aliphatic rings. The second kappa shape index (κ2) is 37.5. The van der Waals surface area contributed by atoms with Crippen molar-refractivity contribution in [1.29, 1.82) is 0 Å². The zero-order valence-corrected chi connectivity index (χ0v) is 42.9. The Morgan fingerprint density at radius 2 is 0.944 bits per heavy atom. The van der Waals surface area contributed by atoms with Crippen molar-refractivity contribution < 1.29 is 89.4 Å². The van der Waals surface area contributed by atoms with Gasteiger partial charge >= 0.3 is 0 Å². The van der Waals surface area contributed by atoms with Crippen molar-refractivity contribution in [2.45, 2.75) is 253 Å². The van der Waals surface area contributed by atoms with Gasteiger partial charge in [0.25, 0.3) is 0 Å². The Kier molecular flexibility index (Phi) is 33.3. The first-order chi connectivity index (χ1) is 34.8. The van der Waals surface area contributed by atoms with Gasteiger partial charge in [0.15, 0.2) is 18.9 Å². The standard InChI is InChI=1S/C53H93NO18/c1-3-5-7-9-11-13-14-15-16-17-18-19-20-21-22-23-25-27-29-31-41(59)54-36(37(58)30-28-26-24-12-10-8-6-4-2)35-67-51-47(65)44(62)49(39(33-56)69-51)72-53-48(66)45(63)50(40(34-57)70-53)71-52-46(64)43(61)42(60)38(32-55)68-52/h10-13,15-16,28,30,36-40,42-53,55-58,60-66H,3-9,14,17-27,29,31-35H2,1-2H3,(H,54,59)/b12-10+,13-11-,16-15-,30-28+. The lowest BCUT2D eigenvalue weighted by molar-refractivity contribution is -0.379. The van der Waals surface area contributed by atoms with Crippen LogP contribution in [0.5, 0.6) is 0 Å². The number of ether oxygens (including phenoxy) is 6. The fourth-order valence-corrected chi connectivity index (χ4v) is 8.81. The molecule has 3 fully saturated rings. The first-order valence-electron chi connectivity index (χ1n) is 26.9. The summed E-state index contributed by atoms with van der Waals surface area (Å²) in [5, 5.41) is 119. The minimum absolute atomic E-state index is 0.228. The zero-order chi connectivity index (χ0) is 52.7. The molecule has 418 valence electrons. The molecule has 19 nitrogen and oxygen atoms in total. The molecule has 0 aliphatic carbocycles. The molecule has 3 saturated heterocycles. The van der Waals surface area contributed by atoms with Crippen LogP contribution in [0.2, 0.25) is 0 Å². The molecule has 0 spiro atoms. The minimum Gasteiger partial charge on any atom is -0.394 e. The number of amides is 1. The van der Waals surface area contributed by atoms with E-state index < -0.39 is 124 Å². The average molecular weight is 1030 g/mol. The maximum absolute atomic E-state index is 13.2. The number of carbonyl (C=O) groups is 1. The summed E-state index contributed by atoms with van der Waals surface area (Å²) >= 11 is 0. The van der Waals surface area contributed by atoms with Crippen LogP contribution in [0.3, 0.4) is 0 Å². The van der Waals surface area contributed by atoms with Gasteiger partial charge in [-0.1, -0.05) is 133 Å². The minimum atomic E-state index is -1.98. The number of hydrogen-bond donors (Lipinski definition) is 12. The van der Waals surface area contributed by atoms with Gasteiger partial charge in [0.2, 0.25) is 5.91 Å². The van der Waals surface area contributed by atoms with Gasteiger partial charge in [-0.05, 0) is 57.8 Å². The highest BCUT2D eigenvalue weighted by molar-refractivity contribution is 5.76. The molecule has 0 radical (unpaired) electrons. The second-order valence-corrected chi connectivity index (χ2v) is 19.3. The highest BCUT2D eigenvalue weighted by atomic mass is 16.8. The lowest BCUT2D eigenvalue weighted by atomic mass is 9.96. The third kappa shape index (κ3) is 22.5. The summed E-state index contributed by atoms with van der Waals surface area (Å²) in [4.78, 5) is 13.2. The number of hydrogen-bond acceptors (Lipinski definition) is 18. The Bertz CT molecular complexity index is 1520. The van der Waals surface area contributed by atoms with Gasteiger partial charge in [0.05, 0.1) is 38.6 Å². The highest BCUT2D eigenvalue weighted by Gasteiger charge is 2.53. The first-order valence-corrected chi connectivity index (χ1v) is 26.9. The van der Waals surface area contributed by atoms with Crippen molar-refractivity contribution in [3.05, 3.63) is 48.6 Å². The molecule has 3 aliphatic heterocycles. The van der Waals surface area contributed by atoms with Crippen LogP contribution >= 0.6 is 0 Å². The Morgan fingerprint density at radius 3 is 1.51 bits per heavy atom. The van der Waals surface area contributed by atoms with Crippen molar-refractivity contribution in [1.82, 2.24) is 5.32 Å². The van der Waals surface area contributed by atoms with Gasteiger partial charge < -0.3 is 89.9 Å². The summed E-state index contributed by atoms with van der Waals surface area (Å²) in [6.45, 7) is 1.55. The lowest BCUT2D eigenvalue weighted by Crippen LogP contribution is -2.66. The normalized spacial score (nSPS) is 32.4. The monoisotopic (exact) mass is 1030 g/mol. The Balaban J connectivity index is 1.50. The van der Waals surface area contributed by atoms with E-state index in [1.807, 2.05) is 6.08 Å². The maximum atomic E-state index is 13.2. The number of nitrogens with one attached hydrogen (secondary N) is 1. The van der Waals surface area contributed by atoms with E-state index in [9.17, 15) is 61.0 Å². The largest absolute Gasteiger partial charge is 0.394 e. The van der Waals surface area contributed by atoms with Crippen LogP contribution in [0, 0.1) is 0 Å². The summed E-state index contributed by atoms with van der Waals surface area (Å²) in [6.07, 6.45) is 11.4. The quantitative estimate of drug-likeness (QED) is 0.0315. The van der Waals surface area contributed by atoms with Crippen LogP contribution in [0.1, 0.15) is 149 Å². The van der Waals surface area contributed by atoms with Gasteiger partial charge in [0.1, 0.15) is 73.2 Å². The molecule has 17 atom stereocenters. The van der Waals surface area contributed by atoms with E-state index in [-0.39, 0.29) is 18.9 Å². The van der Waals surface area contributed by atoms with Gasteiger partial charge in [-0.2, -0.15) is 0 Å². The van der Waals surface area contributed by atoms with Crippen LogP contribution in [-0.4, -0.2) is 193 Å². The summed E-state index contributed by atoms with van der Waals surface area (Å²) in [7, 11) is 0. The average Bonchev–Trinajstić information content (AvgIpc) is 3.37. The van der Waals surface area contributed by atoms with Crippen LogP contribution in [0.25, 0.3) is 0 Å². The molecule has 1 amide bonds. The first kappa shape index (κ1) is 64.0. The van der Waals surface area contributed by atoms with Gasteiger partial charge in [-0.15, -0.1) is 0 Å². The number of rotatable bonds is 37. The molecule has 0 bridgehead atoms. The van der Waals surface area contributed by atoms with E-state index >= 15 is 0 Å². The number of aliphatic hydroxyl groups is 11. The van der Waals surface area contributed by atoms with Gasteiger partial charge in [0, 0.05) is 6.42 Å². The maximum Gasteiger partial charge on any atom is 0.220 e. The van der Waals surface area contributed by atoms with E-state index in [2.05, 4.69) is 55.6 Å². The van der Waals surface area contributed by atoms with E-state index in [1.165, 1.54) is 51.4 Å².